The number of nitrogens with zero attached hydrogens (tertiary/aromatic N) is 1. The lowest BCUT2D eigenvalue weighted by Gasteiger charge is -2.31. The van der Waals surface area contributed by atoms with E-state index in [4.69, 9.17) is 5.73 Å². The fourth-order valence-electron chi connectivity index (χ4n) is 1.83. The first kappa shape index (κ1) is 12.3. The Morgan fingerprint density at radius 2 is 2.40 bits per heavy atom. The molecule has 0 bridgehead atoms. The van der Waals surface area contributed by atoms with Gasteiger partial charge in [0.2, 0.25) is 0 Å². The molecular formula is C11H23N3O. The SMILES string of the molecule is CC(CN)CNC(=O)N1CCCC(C)C1. The molecule has 1 aliphatic rings. The van der Waals surface area contributed by atoms with E-state index < -0.39 is 0 Å². The first-order valence-electron chi connectivity index (χ1n) is 5.86. The number of carbonyl (C=O) groups excluding carboxylic acids is 1. The van der Waals surface area contributed by atoms with Crippen molar-refractivity contribution >= 4 is 6.03 Å². The number of hydrogen-bond acceptors (Lipinski definition) is 2. The van der Waals surface area contributed by atoms with E-state index in [0.29, 0.717) is 24.9 Å². The average molecular weight is 213 g/mol. The number of likely N-dealkylation sites (tertiary alicyclic amines) is 1. The van der Waals surface area contributed by atoms with Gasteiger partial charge in [0, 0.05) is 19.6 Å². The molecular weight excluding hydrogens is 190 g/mol. The highest BCUT2D eigenvalue weighted by atomic mass is 16.2. The van der Waals surface area contributed by atoms with Crippen LogP contribution in [0.4, 0.5) is 4.79 Å². The quantitative estimate of drug-likeness (QED) is 0.735. The zero-order chi connectivity index (χ0) is 11.3. The van der Waals surface area contributed by atoms with Gasteiger partial charge in [-0.15, -0.1) is 0 Å². The molecule has 0 aromatic rings. The standard InChI is InChI=1S/C11H23N3O/c1-9-4-3-5-14(8-9)11(15)13-7-10(2)6-12/h9-10H,3-8,12H2,1-2H3,(H,13,15). The molecule has 2 atom stereocenters. The lowest BCUT2D eigenvalue weighted by Crippen LogP contribution is -2.46. The molecule has 0 radical (unpaired) electrons. The van der Waals surface area contributed by atoms with Crippen LogP contribution in [0, 0.1) is 11.8 Å². The van der Waals surface area contributed by atoms with Gasteiger partial charge in [0.15, 0.2) is 0 Å². The van der Waals surface area contributed by atoms with E-state index in [0.717, 1.165) is 19.5 Å². The number of carbonyl (C=O) groups is 1. The molecule has 1 aliphatic heterocycles. The van der Waals surface area contributed by atoms with Crippen molar-refractivity contribution in [2.75, 3.05) is 26.2 Å². The predicted molar refractivity (Wildman–Crippen MR) is 61.6 cm³/mol. The van der Waals surface area contributed by atoms with Gasteiger partial charge in [-0.25, -0.2) is 4.79 Å². The summed E-state index contributed by atoms with van der Waals surface area (Å²) >= 11 is 0. The first-order valence-corrected chi connectivity index (χ1v) is 5.86. The molecule has 4 nitrogen and oxygen atoms in total. The van der Waals surface area contributed by atoms with Crippen LogP contribution in [0.25, 0.3) is 0 Å². The molecule has 0 aromatic heterocycles. The van der Waals surface area contributed by atoms with Gasteiger partial charge in [-0.05, 0) is 31.2 Å². The second-order valence-corrected chi connectivity index (χ2v) is 4.72. The second-order valence-electron chi connectivity index (χ2n) is 4.72. The van der Waals surface area contributed by atoms with Gasteiger partial charge in [-0.1, -0.05) is 13.8 Å². The number of rotatable bonds is 3. The normalized spacial score (nSPS) is 23.7. The fraction of sp³-hybridized carbons (Fsp3) is 0.909. The lowest BCUT2D eigenvalue weighted by molar-refractivity contribution is 0.168. The minimum atomic E-state index is 0.0712. The maximum Gasteiger partial charge on any atom is 0.317 e. The molecule has 1 rings (SSSR count). The zero-order valence-corrected chi connectivity index (χ0v) is 9.83. The maximum atomic E-state index is 11.7. The summed E-state index contributed by atoms with van der Waals surface area (Å²) in [5, 5.41) is 2.93. The Kier molecular flexibility index (Phi) is 4.88. The fourth-order valence-corrected chi connectivity index (χ4v) is 1.83. The van der Waals surface area contributed by atoms with Crippen LogP contribution in [0.2, 0.25) is 0 Å². The Balaban J connectivity index is 2.26. The summed E-state index contributed by atoms with van der Waals surface area (Å²) in [5.74, 6) is 0.993. The van der Waals surface area contributed by atoms with Gasteiger partial charge in [-0.3, -0.25) is 0 Å². The monoisotopic (exact) mass is 213 g/mol. The summed E-state index contributed by atoms with van der Waals surface area (Å²) in [6, 6.07) is 0.0712. The Morgan fingerprint density at radius 1 is 1.67 bits per heavy atom. The van der Waals surface area contributed by atoms with Crippen molar-refractivity contribution in [1.29, 1.82) is 0 Å². The van der Waals surface area contributed by atoms with Crippen molar-refractivity contribution in [2.45, 2.75) is 26.7 Å². The molecule has 0 aliphatic carbocycles. The lowest BCUT2D eigenvalue weighted by atomic mass is 10.0. The van der Waals surface area contributed by atoms with E-state index in [9.17, 15) is 4.79 Å². The van der Waals surface area contributed by atoms with Crippen LogP contribution >= 0.6 is 0 Å². The topological polar surface area (TPSA) is 58.4 Å². The number of nitrogens with two attached hydrogens (primary N) is 1. The molecule has 1 saturated heterocycles. The minimum Gasteiger partial charge on any atom is -0.338 e. The Morgan fingerprint density at radius 3 is 3.00 bits per heavy atom. The van der Waals surface area contributed by atoms with Gasteiger partial charge >= 0.3 is 6.03 Å². The number of urea groups is 1. The van der Waals surface area contributed by atoms with Gasteiger partial charge in [0.25, 0.3) is 0 Å². The molecule has 88 valence electrons. The molecule has 1 fully saturated rings. The number of hydrogen-bond donors (Lipinski definition) is 2. The number of nitrogens with one attached hydrogen (secondary N) is 1. The summed E-state index contributed by atoms with van der Waals surface area (Å²) in [7, 11) is 0. The van der Waals surface area contributed by atoms with Crippen molar-refractivity contribution in [2.24, 2.45) is 17.6 Å². The van der Waals surface area contributed by atoms with Crippen molar-refractivity contribution < 1.29 is 4.79 Å². The maximum absolute atomic E-state index is 11.7. The summed E-state index contributed by atoms with van der Waals surface area (Å²) in [6.07, 6.45) is 2.37. The molecule has 15 heavy (non-hydrogen) atoms. The highest BCUT2D eigenvalue weighted by Gasteiger charge is 2.20. The van der Waals surface area contributed by atoms with Gasteiger partial charge < -0.3 is 16.0 Å². The van der Waals surface area contributed by atoms with Crippen molar-refractivity contribution in [1.82, 2.24) is 10.2 Å². The van der Waals surface area contributed by atoms with Crippen LogP contribution in [0.1, 0.15) is 26.7 Å². The van der Waals surface area contributed by atoms with Crippen molar-refractivity contribution in [3.05, 3.63) is 0 Å². The summed E-state index contributed by atoms with van der Waals surface area (Å²) < 4.78 is 0. The molecule has 0 saturated carbocycles. The van der Waals surface area contributed by atoms with Crippen LogP contribution in [-0.2, 0) is 0 Å². The van der Waals surface area contributed by atoms with E-state index >= 15 is 0 Å². The van der Waals surface area contributed by atoms with Crippen LogP contribution < -0.4 is 11.1 Å². The molecule has 3 N–H and O–H groups in total. The molecule has 1 heterocycles. The predicted octanol–water partition coefficient (Wildman–Crippen LogP) is 1.02. The van der Waals surface area contributed by atoms with Gasteiger partial charge in [-0.2, -0.15) is 0 Å². The average Bonchev–Trinajstić information content (AvgIpc) is 2.25. The highest BCUT2D eigenvalue weighted by Crippen LogP contribution is 2.15. The Hall–Kier alpha value is -0.770. The van der Waals surface area contributed by atoms with Crippen molar-refractivity contribution in [3.8, 4) is 0 Å². The van der Waals surface area contributed by atoms with E-state index in [1.807, 2.05) is 11.8 Å². The summed E-state index contributed by atoms with van der Waals surface area (Å²) in [6.45, 7) is 7.33. The highest BCUT2D eigenvalue weighted by molar-refractivity contribution is 5.74. The zero-order valence-electron chi connectivity index (χ0n) is 9.83. The smallest absolute Gasteiger partial charge is 0.317 e. The summed E-state index contributed by atoms with van der Waals surface area (Å²) in [4.78, 5) is 13.7. The van der Waals surface area contributed by atoms with Gasteiger partial charge in [0.05, 0.1) is 0 Å². The van der Waals surface area contributed by atoms with Crippen molar-refractivity contribution in [3.63, 3.8) is 0 Å². The Labute approximate surface area is 92.2 Å². The molecule has 2 unspecified atom stereocenters. The third-order valence-electron chi connectivity index (χ3n) is 2.95. The minimum absolute atomic E-state index is 0.0712. The largest absolute Gasteiger partial charge is 0.338 e. The van der Waals surface area contributed by atoms with Gasteiger partial charge in [0.1, 0.15) is 0 Å². The third kappa shape index (κ3) is 4.08. The van der Waals surface area contributed by atoms with Crippen LogP contribution in [0.5, 0.6) is 0 Å². The summed E-state index contributed by atoms with van der Waals surface area (Å²) in [5.41, 5.74) is 5.49. The first-order chi connectivity index (χ1) is 7.13. The van der Waals surface area contributed by atoms with Crippen LogP contribution in [0.3, 0.4) is 0 Å². The van der Waals surface area contributed by atoms with E-state index in [-0.39, 0.29) is 6.03 Å². The molecule has 2 amide bonds. The second kappa shape index (κ2) is 5.95. The third-order valence-corrected chi connectivity index (χ3v) is 2.95. The number of amides is 2. The molecule has 4 heteroatoms. The molecule has 0 spiro atoms. The number of piperidine rings is 1. The van der Waals surface area contributed by atoms with E-state index in [1.54, 1.807) is 0 Å². The molecule has 0 aromatic carbocycles. The van der Waals surface area contributed by atoms with Crippen LogP contribution in [-0.4, -0.2) is 37.1 Å². The van der Waals surface area contributed by atoms with E-state index in [2.05, 4.69) is 12.2 Å². The Bertz CT molecular complexity index is 208. The van der Waals surface area contributed by atoms with E-state index in [1.165, 1.54) is 6.42 Å². The van der Waals surface area contributed by atoms with Crippen LogP contribution in [0.15, 0.2) is 0 Å².